The molecule has 1 N–H and O–H groups in total. The number of carbonyl (C=O) groups is 1. The minimum Gasteiger partial charge on any atom is -0.347 e. The normalized spacial score (nSPS) is 19.5. The molecule has 0 bridgehead atoms. The van der Waals surface area contributed by atoms with Gasteiger partial charge in [-0.05, 0) is 13.0 Å². The average molecular weight is 319 g/mol. The first-order valence-corrected chi connectivity index (χ1v) is 8.57. The lowest BCUT2D eigenvalue weighted by Crippen LogP contribution is -2.50. The van der Waals surface area contributed by atoms with E-state index in [0.29, 0.717) is 6.54 Å². The topological polar surface area (TPSA) is 65.1 Å². The molecule has 0 aliphatic carbocycles. The molecular formula is C15H21N5OS. The quantitative estimate of drug-likeness (QED) is 0.935. The molecule has 7 heteroatoms. The Hall–Kier alpha value is -1.73. The zero-order valence-electron chi connectivity index (χ0n) is 13.0. The molecule has 3 heterocycles. The van der Waals surface area contributed by atoms with Crippen LogP contribution in [0.1, 0.15) is 41.1 Å². The van der Waals surface area contributed by atoms with Crippen LogP contribution in [0.3, 0.4) is 0 Å². The highest BCUT2D eigenvalue weighted by molar-refractivity contribution is 7.11. The standard InChI is InChI=1S/C15H21N5OS/c1-3-11-13(22-10-18-11)15(21)20-8-7-19(4-2)12(9-20)14-16-5-6-17-14/h5-6,10,12H,3-4,7-9H2,1-2H3,(H,16,17). The molecule has 2 aromatic rings. The van der Waals surface area contributed by atoms with Gasteiger partial charge >= 0.3 is 0 Å². The van der Waals surface area contributed by atoms with Crippen molar-refractivity contribution in [1.82, 2.24) is 24.8 Å². The second-order valence-electron chi connectivity index (χ2n) is 5.35. The third-order valence-corrected chi connectivity index (χ3v) is 5.05. The van der Waals surface area contributed by atoms with E-state index in [4.69, 9.17) is 0 Å². The van der Waals surface area contributed by atoms with E-state index in [-0.39, 0.29) is 11.9 Å². The lowest BCUT2D eigenvalue weighted by molar-refractivity contribution is 0.0483. The largest absolute Gasteiger partial charge is 0.347 e. The molecule has 2 aromatic heterocycles. The molecule has 6 nitrogen and oxygen atoms in total. The number of hydrogen-bond donors (Lipinski definition) is 1. The van der Waals surface area contributed by atoms with Crippen LogP contribution >= 0.6 is 11.3 Å². The lowest BCUT2D eigenvalue weighted by atomic mass is 10.1. The zero-order valence-corrected chi connectivity index (χ0v) is 13.8. The highest BCUT2D eigenvalue weighted by Gasteiger charge is 2.32. The van der Waals surface area contributed by atoms with E-state index >= 15 is 0 Å². The monoisotopic (exact) mass is 319 g/mol. The number of H-pyrrole nitrogens is 1. The molecule has 1 saturated heterocycles. The Kier molecular flexibility index (Phi) is 4.54. The molecular weight excluding hydrogens is 298 g/mol. The van der Waals surface area contributed by atoms with Crippen LogP contribution in [0.4, 0.5) is 0 Å². The number of nitrogens with zero attached hydrogens (tertiary/aromatic N) is 4. The van der Waals surface area contributed by atoms with Gasteiger partial charge in [-0.25, -0.2) is 9.97 Å². The van der Waals surface area contributed by atoms with Gasteiger partial charge in [0.25, 0.3) is 5.91 Å². The molecule has 118 valence electrons. The van der Waals surface area contributed by atoms with Crippen molar-refractivity contribution in [2.24, 2.45) is 0 Å². The molecule has 1 amide bonds. The van der Waals surface area contributed by atoms with Gasteiger partial charge in [0.1, 0.15) is 10.7 Å². The van der Waals surface area contributed by atoms with Crippen LogP contribution in [0.25, 0.3) is 0 Å². The molecule has 1 atom stereocenters. The minimum atomic E-state index is 0.103. The minimum absolute atomic E-state index is 0.103. The van der Waals surface area contributed by atoms with Gasteiger partial charge in [-0.2, -0.15) is 0 Å². The van der Waals surface area contributed by atoms with Gasteiger partial charge in [-0.1, -0.05) is 13.8 Å². The fourth-order valence-electron chi connectivity index (χ4n) is 2.94. The highest BCUT2D eigenvalue weighted by atomic mass is 32.1. The molecule has 0 saturated carbocycles. The molecule has 1 aliphatic rings. The summed E-state index contributed by atoms with van der Waals surface area (Å²) >= 11 is 1.44. The second-order valence-corrected chi connectivity index (χ2v) is 6.21. The Balaban J connectivity index is 1.80. The van der Waals surface area contributed by atoms with Crippen LogP contribution in [0.2, 0.25) is 0 Å². The molecule has 0 aromatic carbocycles. The van der Waals surface area contributed by atoms with Crippen molar-refractivity contribution in [3.63, 3.8) is 0 Å². The first-order valence-electron chi connectivity index (χ1n) is 7.69. The number of aromatic amines is 1. The summed E-state index contributed by atoms with van der Waals surface area (Å²) in [5.74, 6) is 1.03. The highest BCUT2D eigenvalue weighted by Crippen LogP contribution is 2.25. The summed E-state index contributed by atoms with van der Waals surface area (Å²) in [5.41, 5.74) is 2.67. The summed E-state index contributed by atoms with van der Waals surface area (Å²) in [5, 5.41) is 0. The maximum absolute atomic E-state index is 12.8. The van der Waals surface area contributed by atoms with Crippen LogP contribution in [-0.4, -0.2) is 56.8 Å². The molecule has 3 rings (SSSR count). The maximum atomic E-state index is 12.8. The predicted octanol–water partition coefficient (Wildman–Crippen LogP) is 1.95. The van der Waals surface area contributed by atoms with E-state index in [1.165, 1.54) is 11.3 Å². The third kappa shape index (κ3) is 2.78. The van der Waals surface area contributed by atoms with Crippen molar-refractivity contribution >= 4 is 17.2 Å². The number of likely N-dealkylation sites (N-methyl/N-ethyl adjacent to an activating group) is 1. The number of piperazine rings is 1. The van der Waals surface area contributed by atoms with E-state index < -0.39 is 0 Å². The van der Waals surface area contributed by atoms with Crippen molar-refractivity contribution in [3.8, 4) is 0 Å². The number of hydrogen-bond acceptors (Lipinski definition) is 5. The number of carbonyl (C=O) groups excluding carboxylic acids is 1. The van der Waals surface area contributed by atoms with E-state index in [9.17, 15) is 4.79 Å². The van der Waals surface area contributed by atoms with Crippen molar-refractivity contribution < 1.29 is 4.79 Å². The first kappa shape index (κ1) is 15.2. The van der Waals surface area contributed by atoms with Crippen LogP contribution in [0.15, 0.2) is 17.9 Å². The third-order valence-electron chi connectivity index (χ3n) is 4.19. The van der Waals surface area contributed by atoms with E-state index in [0.717, 1.165) is 42.5 Å². The lowest BCUT2D eigenvalue weighted by Gasteiger charge is -2.40. The Morgan fingerprint density at radius 2 is 2.27 bits per heavy atom. The number of rotatable bonds is 4. The Labute approximate surface area is 134 Å². The number of nitrogens with one attached hydrogen (secondary N) is 1. The van der Waals surface area contributed by atoms with Crippen LogP contribution < -0.4 is 0 Å². The fourth-order valence-corrected chi connectivity index (χ4v) is 3.79. The van der Waals surface area contributed by atoms with Crippen molar-refractivity contribution in [2.45, 2.75) is 26.3 Å². The molecule has 0 radical (unpaired) electrons. The summed E-state index contributed by atoms with van der Waals surface area (Å²) < 4.78 is 0. The number of aromatic nitrogens is 3. The number of imidazole rings is 1. The van der Waals surface area contributed by atoms with Gasteiger partial charge in [0.15, 0.2) is 0 Å². The summed E-state index contributed by atoms with van der Waals surface area (Å²) in [6.45, 7) is 7.42. The van der Waals surface area contributed by atoms with Crippen molar-refractivity contribution in [3.05, 3.63) is 34.3 Å². The van der Waals surface area contributed by atoms with Gasteiger partial charge in [0.05, 0.1) is 17.2 Å². The zero-order chi connectivity index (χ0) is 15.5. The van der Waals surface area contributed by atoms with Gasteiger partial charge < -0.3 is 9.88 Å². The van der Waals surface area contributed by atoms with E-state index in [1.807, 2.05) is 18.0 Å². The Morgan fingerprint density at radius 3 is 2.95 bits per heavy atom. The molecule has 1 unspecified atom stereocenters. The molecule has 1 aliphatic heterocycles. The van der Waals surface area contributed by atoms with Crippen LogP contribution in [0, 0.1) is 0 Å². The number of amides is 1. The van der Waals surface area contributed by atoms with E-state index in [2.05, 4.69) is 26.8 Å². The van der Waals surface area contributed by atoms with Crippen molar-refractivity contribution in [2.75, 3.05) is 26.2 Å². The van der Waals surface area contributed by atoms with Gasteiger partial charge in [-0.3, -0.25) is 9.69 Å². The smallest absolute Gasteiger partial charge is 0.265 e. The maximum Gasteiger partial charge on any atom is 0.265 e. The Bertz CT molecular complexity index is 624. The van der Waals surface area contributed by atoms with Gasteiger partial charge in [0, 0.05) is 32.0 Å². The summed E-state index contributed by atoms with van der Waals surface area (Å²) in [7, 11) is 0. The Morgan fingerprint density at radius 1 is 1.41 bits per heavy atom. The summed E-state index contributed by atoms with van der Waals surface area (Å²) in [6, 6.07) is 0.135. The molecule has 0 spiro atoms. The fraction of sp³-hybridized carbons (Fsp3) is 0.533. The SMILES string of the molecule is CCc1ncsc1C(=O)N1CCN(CC)C(c2ncc[nH]2)C1. The number of thiazole rings is 1. The predicted molar refractivity (Wildman–Crippen MR) is 86.0 cm³/mol. The summed E-state index contributed by atoms with van der Waals surface area (Å²) in [6.07, 6.45) is 4.39. The molecule has 1 fully saturated rings. The van der Waals surface area contributed by atoms with Crippen LogP contribution in [-0.2, 0) is 6.42 Å². The molecule has 22 heavy (non-hydrogen) atoms. The first-order chi connectivity index (χ1) is 10.7. The van der Waals surface area contributed by atoms with Crippen LogP contribution in [0.5, 0.6) is 0 Å². The average Bonchev–Trinajstić information content (AvgIpc) is 3.24. The van der Waals surface area contributed by atoms with Gasteiger partial charge in [-0.15, -0.1) is 11.3 Å². The van der Waals surface area contributed by atoms with E-state index in [1.54, 1.807) is 11.7 Å². The van der Waals surface area contributed by atoms with Crippen molar-refractivity contribution in [1.29, 1.82) is 0 Å². The number of aryl methyl sites for hydroxylation is 1. The summed E-state index contributed by atoms with van der Waals surface area (Å²) in [4.78, 5) is 29.7. The van der Waals surface area contributed by atoms with Gasteiger partial charge in [0.2, 0.25) is 0 Å². The second kappa shape index (κ2) is 6.58.